The van der Waals surface area contributed by atoms with Crippen LogP contribution in [0.25, 0.3) is 0 Å². The summed E-state index contributed by atoms with van der Waals surface area (Å²) in [6.07, 6.45) is 1.67. The number of ketones is 1. The van der Waals surface area contributed by atoms with E-state index in [1.165, 1.54) is 11.3 Å². The molecule has 4 nitrogen and oxygen atoms in total. The van der Waals surface area contributed by atoms with Crippen LogP contribution in [0.5, 0.6) is 0 Å². The second-order valence-electron chi connectivity index (χ2n) is 4.46. The molecule has 1 unspecified atom stereocenters. The Morgan fingerprint density at radius 2 is 2.18 bits per heavy atom. The topological polar surface area (TPSA) is 36.4 Å². The van der Waals surface area contributed by atoms with Crippen LogP contribution in [0, 0.1) is 0 Å². The molecule has 1 heterocycles. The van der Waals surface area contributed by atoms with Gasteiger partial charge in [-0.15, -0.1) is 0 Å². The van der Waals surface area contributed by atoms with Gasteiger partial charge in [-0.1, -0.05) is 11.3 Å². The minimum Gasteiger partial charge on any atom is -0.344 e. The van der Waals surface area contributed by atoms with E-state index in [2.05, 4.69) is 42.7 Å². The summed E-state index contributed by atoms with van der Waals surface area (Å²) in [4.78, 5) is 20.7. The van der Waals surface area contributed by atoms with E-state index in [0.29, 0.717) is 6.04 Å². The molecule has 0 N–H and O–H groups in total. The first-order valence-electron chi connectivity index (χ1n) is 5.83. The molecule has 17 heavy (non-hydrogen) atoms. The number of hydrogen-bond donors (Lipinski definition) is 0. The maximum Gasteiger partial charge on any atom is 0.186 e. The van der Waals surface area contributed by atoms with E-state index in [9.17, 15) is 4.79 Å². The van der Waals surface area contributed by atoms with Gasteiger partial charge in [0.25, 0.3) is 0 Å². The van der Waals surface area contributed by atoms with Crippen molar-refractivity contribution in [3.8, 4) is 0 Å². The maximum absolute atomic E-state index is 11.3. The molecule has 96 valence electrons. The van der Waals surface area contributed by atoms with Crippen molar-refractivity contribution < 1.29 is 4.79 Å². The number of likely N-dealkylation sites (N-methyl/N-ethyl adjacent to an activating group) is 2. The Hall–Kier alpha value is -0.940. The van der Waals surface area contributed by atoms with Crippen molar-refractivity contribution in [2.45, 2.75) is 26.8 Å². The van der Waals surface area contributed by atoms with Crippen LogP contribution in [0.3, 0.4) is 0 Å². The lowest BCUT2D eigenvalue weighted by Gasteiger charge is -2.29. The van der Waals surface area contributed by atoms with Crippen LogP contribution in [-0.4, -0.2) is 48.9 Å². The first kappa shape index (κ1) is 14.1. The Balaban J connectivity index is 2.81. The molecule has 0 amide bonds. The van der Waals surface area contributed by atoms with Gasteiger partial charge in [0.05, 0.1) is 11.1 Å². The Kier molecular flexibility index (Phi) is 5.08. The minimum atomic E-state index is 0.0880. The molecule has 1 rings (SSSR count). The molecule has 0 fully saturated rings. The van der Waals surface area contributed by atoms with Crippen molar-refractivity contribution in [2.75, 3.05) is 32.1 Å². The van der Waals surface area contributed by atoms with E-state index in [1.807, 2.05) is 0 Å². The van der Waals surface area contributed by atoms with Crippen LogP contribution in [0.2, 0.25) is 0 Å². The summed E-state index contributed by atoms with van der Waals surface area (Å²) in [7, 11) is 4.13. The van der Waals surface area contributed by atoms with E-state index >= 15 is 0 Å². The molecular formula is C12H21N3OS. The third-order valence-corrected chi connectivity index (χ3v) is 3.72. The van der Waals surface area contributed by atoms with E-state index < -0.39 is 0 Å². The molecule has 0 spiro atoms. The van der Waals surface area contributed by atoms with Crippen molar-refractivity contribution in [3.63, 3.8) is 0 Å². The van der Waals surface area contributed by atoms with Crippen LogP contribution in [-0.2, 0) is 0 Å². The van der Waals surface area contributed by atoms with Crippen LogP contribution in [0.4, 0.5) is 5.13 Å². The zero-order valence-corrected chi connectivity index (χ0v) is 12.0. The highest BCUT2D eigenvalue weighted by Gasteiger charge is 2.17. The van der Waals surface area contributed by atoms with Crippen molar-refractivity contribution in [2.24, 2.45) is 0 Å². The largest absolute Gasteiger partial charge is 0.344 e. The number of nitrogens with zero attached hydrogens (tertiary/aromatic N) is 3. The molecule has 1 atom stereocenters. The lowest BCUT2D eigenvalue weighted by atomic mass is 10.3. The third-order valence-electron chi connectivity index (χ3n) is 2.59. The molecule has 5 heteroatoms. The lowest BCUT2D eigenvalue weighted by molar-refractivity contribution is 0.102. The molecular weight excluding hydrogens is 234 g/mol. The van der Waals surface area contributed by atoms with E-state index in [1.54, 1.807) is 13.1 Å². The maximum atomic E-state index is 11.3. The average Bonchev–Trinajstić information content (AvgIpc) is 2.66. The highest BCUT2D eigenvalue weighted by atomic mass is 32.1. The summed E-state index contributed by atoms with van der Waals surface area (Å²) in [6.45, 7) is 7.75. The molecule has 0 aliphatic rings. The van der Waals surface area contributed by atoms with Crippen LogP contribution in [0.1, 0.15) is 30.4 Å². The predicted octanol–water partition coefficient (Wildman–Crippen LogP) is 2.12. The van der Waals surface area contributed by atoms with Gasteiger partial charge in [0.15, 0.2) is 10.9 Å². The Morgan fingerprint density at radius 3 is 2.59 bits per heavy atom. The summed E-state index contributed by atoms with van der Waals surface area (Å²) in [5, 5.41) is 0.937. The average molecular weight is 255 g/mol. The van der Waals surface area contributed by atoms with Crippen LogP contribution < -0.4 is 4.90 Å². The molecule has 0 aliphatic heterocycles. The number of aromatic nitrogens is 1. The summed E-state index contributed by atoms with van der Waals surface area (Å²) < 4.78 is 0. The standard InChI is InChI=1S/C12H21N3OS/c1-6-15(9(2)8-14(4)5)12-13-7-11(17-12)10(3)16/h7,9H,6,8H2,1-5H3. The van der Waals surface area contributed by atoms with E-state index in [0.717, 1.165) is 23.1 Å². The fourth-order valence-electron chi connectivity index (χ4n) is 1.82. The van der Waals surface area contributed by atoms with Crippen molar-refractivity contribution in [1.82, 2.24) is 9.88 Å². The monoisotopic (exact) mass is 255 g/mol. The third kappa shape index (κ3) is 3.78. The second-order valence-corrected chi connectivity index (χ2v) is 5.47. The molecule has 0 aliphatic carbocycles. The van der Waals surface area contributed by atoms with Gasteiger partial charge in [-0.25, -0.2) is 4.98 Å². The first-order valence-corrected chi connectivity index (χ1v) is 6.65. The molecule has 0 bridgehead atoms. The van der Waals surface area contributed by atoms with Gasteiger partial charge in [0, 0.05) is 26.1 Å². The quantitative estimate of drug-likeness (QED) is 0.730. The van der Waals surface area contributed by atoms with Crippen LogP contribution >= 0.6 is 11.3 Å². The van der Waals surface area contributed by atoms with Crippen molar-refractivity contribution in [1.29, 1.82) is 0 Å². The number of anilines is 1. The number of Topliss-reactive ketones (excluding diaryl/α,β-unsaturated/α-hetero) is 1. The molecule has 1 aromatic heterocycles. The number of thiazole rings is 1. The Bertz CT molecular complexity index is 376. The minimum absolute atomic E-state index is 0.0880. The molecule has 0 radical (unpaired) electrons. The number of carbonyl (C=O) groups is 1. The number of hydrogen-bond acceptors (Lipinski definition) is 5. The van der Waals surface area contributed by atoms with Crippen molar-refractivity contribution >= 4 is 22.3 Å². The molecule has 0 aromatic carbocycles. The summed E-state index contributed by atoms with van der Waals surface area (Å²) in [5.74, 6) is 0.0880. The predicted molar refractivity (Wildman–Crippen MR) is 73.2 cm³/mol. The van der Waals surface area contributed by atoms with Crippen molar-refractivity contribution in [3.05, 3.63) is 11.1 Å². The fourth-order valence-corrected chi connectivity index (χ4v) is 2.80. The highest BCUT2D eigenvalue weighted by Crippen LogP contribution is 2.24. The normalized spacial score (nSPS) is 12.8. The van der Waals surface area contributed by atoms with Gasteiger partial charge < -0.3 is 9.80 Å². The zero-order valence-electron chi connectivity index (χ0n) is 11.2. The SMILES string of the molecule is CCN(c1ncc(C(C)=O)s1)C(C)CN(C)C. The molecule has 1 aromatic rings. The lowest BCUT2D eigenvalue weighted by Crippen LogP contribution is -2.40. The smallest absolute Gasteiger partial charge is 0.186 e. The van der Waals surface area contributed by atoms with Gasteiger partial charge in [0.1, 0.15) is 0 Å². The summed E-state index contributed by atoms with van der Waals surface area (Å²) in [5.41, 5.74) is 0. The van der Waals surface area contributed by atoms with Crippen LogP contribution in [0.15, 0.2) is 6.20 Å². The zero-order chi connectivity index (χ0) is 13.0. The van der Waals surface area contributed by atoms with Gasteiger partial charge in [-0.05, 0) is 27.9 Å². The molecule has 0 saturated carbocycles. The second kappa shape index (κ2) is 6.12. The van der Waals surface area contributed by atoms with E-state index in [-0.39, 0.29) is 5.78 Å². The Morgan fingerprint density at radius 1 is 1.53 bits per heavy atom. The number of rotatable bonds is 6. The first-order chi connectivity index (χ1) is 7.95. The van der Waals surface area contributed by atoms with E-state index in [4.69, 9.17) is 0 Å². The summed E-state index contributed by atoms with van der Waals surface area (Å²) in [6, 6.07) is 0.390. The van der Waals surface area contributed by atoms with Gasteiger partial charge in [-0.3, -0.25) is 4.79 Å². The van der Waals surface area contributed by atoms with Gasteiger partial charge in [0.2, 0.25) is 0 Å². The fraction of sp³-hybridized carbons (Fsp3) is 0.667. The highest BCUT2D eigenvalue weighted by molar-refractivity contribution is 7.17. The number of carbonyl (C=O) groups excluding carboxylic acids is 1. The Labute approximate surface area is 107 Å². The van der Waals surface area contributed by atoms with Gasteiger partial charge >= 0.3 is 0 Å². The molecule has 0 saturated heterocycles. The van der Waals surface area contributed by atoms with Gasteiger partial charge in [-0.2, -0.15) is 0 Å². The summed E-state index contributed by atoms with van der Waals surface area (Å²) >= 11 is 1.48.